The Morgan fingerprint density at radius 2 is 2.15 bits per heavy atom. The maximum absolute atomic E-state index is 4.59. The topological polar surface area (TPSA) is 41.1 Å². The Bertz CT molecular complexity index is 430. The molecule has 1 saturated heterocycles. The average Bonchev–Trinajstić information content (AvgIpc) is 2.87. The van der Waals surface area contributed by atoms with Crippen LogP contribution in [0.25, 0.3) is 0 Å². The van der Waals surface area contributed by atoms with Crippen LogP contribution in [0.15, 0.2) is 6.33 Å². The molecule has 1 N–H and O–H groups in total. The maximum atomic E-state index is 4.59. The van der Waals surface area contributed by atoms with E-state index in [2.05, 4.69) is 47.9 Å². The van der Waals surface area contributed by atoms with E-state index in [1.807, 2.05) is 0 Å². The molecular formula is C16H28N4. The van der Waals surface area contributed by atoms with Gasteiger partial charge in [-0.25, -0.2) is 9.97 Å². The third kappa shape index (κ3) is 3.22. The number of hydrogen-bond donors (Lipinski definition) is 1. The minimum atomic E-state index is 0.436. The molecule has 0 aliphatic carbocycles. The molecular weight excluding hydrogens is 248 g/mol. The van der Waals surface area contributed by atoms with Crippen molar-refractivity contribution in [3.63, 3.8) is 0 Å². The lowest BCUT2D eigenvalue weighted by atomic mass is 10.0. The van der Waals surface area contributed by atoms with Gasteiger partial charge in [0.05, 0.1) is 0 Å². The third-order valence-corrected chi connectivity index (χ3v) is 4.07. The van der Waals surface area contributed by atoms with Gasteiger partial charge in [0.25, 0.3) is 0 Å². The fourth-order valence-corrected chi connectivity index (χ4v) is 3.15. The number of hydrogen-bond acceptors (Lipinski definition) is 4. The first-order valence-corrected chi connectivity index (χ1v) is 8.01. The fourth-order valence-electron chi connectivity index (χ4n) is 3.15. The van der Waals surface area contributed by atoms with E-state index in [1.54, 1.807) is 6.33 Å². The van der Waals surface area contributed by atoms with Gasteiger partial charge in [-0.05, 0) is 31.6 Å². The van der Waals surface area contributed by atoms with E-state index in [9.17, 15) is 0 Å². The van der Waals surface area contributed by atoms with E-state index in [-0.39, 0.29) is 0 Å². The van der Waals surface area contributed by atoms with E-state index in [1.165, 1.54) is 24.8 Å². The Balaban J connectivity index is 2.25. The second-order valence-corrected chi connectivity index (χ2v) is 6.03. The summed E-state index contributed by atoms with van der Waals surface area (Å²) < 4.78 is 0. The van der Waals surface area contributed by atoms with Crippen LogP contribution in [0.3, 0.4) is 0 Å². The van der Waals surface area contributed by atoms with Crippen LogP contribution in [0.4, 0.5) is 11.6 Å². The molecule has 1 fully saturated rings. The van der Waals surface area contributed by atoms with E-state index in [0.29, 0.717) is 5.92 Å². The van der Waals surface area contributed by atoms with Crippen LogP contribution in [-0.2, 0) is 0 Å². The van der Waals surface area contributed by atoms with Gasteiger partial charge in [-0.1, -0.05) is 27.2 Å². The van der Waals surface area contributed by atoms with E-state index >= 15 is 0 Å². The highest BCUT2D eigenvalue weighted by molar-refractivity contribution is 5.60. The van der Waals surface area contributed by atoms with Crippen molar-refractivity contribution in [3.05, 3.63) is 11.9 Å². The first-order valence-electron chi connectivity index (χ1n) is 8.01. The molecule has 1 aliphatic heterocycles. The standard InChI is InChI=1S/C16H28N4/c1-5-7-13-8-9-20(10-13)16-14(12(3)4)15(17-6-2)18-11-19-16/h11-13H,5-10H2,1-4H3,(H,17,18,19). The number of aromatic nitrogens is 2. The Labute approximate surface area is 123 Å². The Morgan fingerprint density at radius 3 is 2.80 bits per heavy atom. The lowest BCUT2D eigenvalue weighted by Crippen LogP contribution is -2.23. The number of nitrogens with one attached hydrogen (secondary N) is 1. The molecule has 0 amide bonds. The van der Waals surface area contributed by atoms with Gasteiger partial charge in [0.1, 0.15) is 18.0 Å². The minimum absolute atomic E-state index is 0.436. The molecule has 2 rings (SSSR count). The summed E-state index contributed by atoms with van der Waals surface area (Å²) in [6.45, 7) is 12.0. The summed E-state index contributed by atoms with van der Waals surface area (Å²) in [5.41, 5.74) is 1.27. The van der Waals surface area contributed by atoms with Crippen molar-refractivity contribution in [2.24, 2.45) is 5.92 Å². The molecule has 20 heavy (non-hydrogen) atoms. The van der Waals surface area contributed by atoms with Gasteiger partial charge >= 0.3 is 0 Å². The number of rotatable bonds is 6. The average molecular weight is 276 g/mol. The largest absolute Gasteiger partial charge is 0.370 e. The molecule has 1 aromatic rings. The summed E-state index contributed by atoms with van der Waals surface area (Å²) in [6, 6.07) is 0. The quantitative estimate of drug-likeness (QED) is 0.861. The summed E-state index contributed by atoms with van der Waals surface area (Å²) >= 11 is 0. The zero-order chi connectivity index (χ0) is 14.5. The van der Waals surface area contributed by atoms with Crippen molar-refractivity contribution in [1.82, 2.24) is 9.97 Å². The monoisotopic (exact) mass is 276 g/mol. The predicted molar refractivity (Wildman–Crippen MR) is 85.5 cm³/mol. The predicted octanol–water partition coefficient (Wildman–Crippen LogP) is 3.66. The molecule has 2 heterocycles. The second kappa shape index (κ2) is 6.91. The van der Waals surface area contributed by atoms with E-state index in [4.69, 9.17) is 0 Å². The van der Waals surface area contributed by atoms with Crippen LogP contribution in [0, 0.1) is 5.92 Å². The first-order chi connectivity index (χ1) is 9.67. The van der Waals surface area contributed by atoms with Gasteiger partial charge < -0.3 is 10.2 Å². The van der Waals surface area contributed by atoms with Crippen LogP contribution in [0.2, 0.25) is 0 Å². The molecule has 4 heteroatoms. The lowest BCUT2D eigenvalue weighted by molar-refractivity contribution is 0.529. The normalized spacial score (nSPS) is 18.9. The highest BCUT2D eigenvalue weighted by Gasteiger charge is 2.26. The first kappa shape index (κ1) is 15.1. The molecule has 112 valence electrons. The number of anilines is 2. The SMILES string of the molecule is CCCC1CCN(c2ncnc(NCC)c2C(C)C)C1. The van der Waals surface area contributed by atoms with Crippen LogP contribution in [-0.4, -0.2) is 29.6 Å². The zero-order valence-electron chi connectivity index (χ0n) is 13.3. The summed E-state index contributed by atoms with van der Waals surface area (Å²) in [6.07, 6.45) is 5.61. The lowest BCUT2D eigenvalue weighted by Gasteiger charge is -2.24. The maximum Gasteiger partial charge on any atom is 0.137 e. The number of nitrogens with zero attached hydrogens (tertiary/aromatic N) is 3. The van der Waals surface area contributed by atoms with Gasteiger partial charge in [-0.15, -0.1) is 0 Å². The summed E-state index contributed by atoms with van der Waals surface area (Å²) in [5, 5.41) is 3.38. The summed E-state index contributed by atoms with van der Waals surface area (Å²) in [7, 11) is 0. The minimum Gasteiger partial charge on any atom is -0.370 e. The molecule has 1 aliphatic rings. The molecule has 0 aromatic carbocycles. The second-order valence-electron chi connectivity index (χ2n) is 6.03. The molecule has 0 saturated carbocycles. The highest BCUT2D eigenvalue weighted by Crippen LogP contribution is 2.34. The molecule has 0 radical (unpaired) electrons. The Kier molecular flexibility index (Phi) is 5.21. The van der Waals surface area contributed by atoms with E-state index in [0.717, 1.165) is 37.2 Å². The Morgan fingerprint density at radius 1 is 1.35 bits per heavy atom. The highest BCUT2D eigenvalue weighted by atomic mass is 15.2. The molecule has 0 bridgehead atoms. The van der Waals surface area contributed by atoms with Crippen LogP contribution in [0.1, 0.15) is 58.4 Å². The fraction of sp³-hybridized carbons (Fsp3) is 0.750. The summed E-state index contributed by atoms with van der Waals surface area (Å²) in [5.74, 6) is 3.42. The molecule has 1 atom stereocenters. The van der Waals surface area contributed by atoms with Crippen molar-refractivity contribution in [3.8, 4) is 0 Å². The van der Waals surface area contributed by atoms with E-state index < -0.39 is 0 Å². The van der Waals surface area contributed by atoms with Gasteiger partial charge in [0.15, 0.2) is 0 Å². The molecule has 1 aromatic heterocycles. The molecule has 0 spiro atoms. The zero-order valence-corrected chi connectivity index (χ0v) is 13.3. The van der Waals surface area contributed by atoms with Crippen LogP contribution in [0.5, 0.6) is 0 Å². The van der Waals surface area contributed by atoms with Gasteiger partial charge in [-0.3, -0.25) is 0 Å². The smallest absolute Gasteiger partial charge is 0.137 e. The Hall–Kier alpha value is -1.32. The van der Waals surface area contributed by atoms with Crippen molar-refractivity contribution >= 4 is 11.6 Å². The van der Waals surface area contributed by atoms with Crippen molar-refractivity contribution < 1.29 is 0 Å². The molecule has 4 nitrogen and oxygen atoms in total. The third-order valence-electron chi connectivity index (χ3n) is 4.07. The van der Waals surface area contributed by atoms with Crippen molar-refractivity contribution in [1.29, 1.82) is 0 Å². The van der Waals surface area contributed by atoms with Crippen LogP contribution >= 0.6 is 0 Å². The summed E-state index contributed by atoms with van der Waals surface area (Å²) in [4.78, 5) is 11.5. The van der Waals surface area contributed by atoms with Gasteiger partial charge in [-0.2, -0.15) is 0 Å². The van der Waals surface area contributed by atoms with Crippen molar-refractivity contribution in [2.75, 3.05) is 29.9 Å². The van der Waals surface area contributed by atoms with Gasteiger partial charge in [0, 0.05) is 25.2 Å². The van der Waals surface area contributed by atoms with Crippen LogP contribution < -0.4 is 10.2 Å². The van der Waals surface area contributed by atoms with Gasteiger partial charge in [0.2, 0.25) is 0 Å². The van der Waals surface area contributed by atoms with Crippen molar-refractivity contribution in [2.45, 2.75) is 52.9 Å². The molecule has 1 unspecified atom stereocenters.